The molecule has 0 amide bonds. The molecule has 2 aromatic rings. The second-order valence-electron chi connectivity index (χ2n) is 3.89. The first-order valence-corrected chi connectivity index (χ1v) is 5.23. The standard InChI is InChI=1S/C13H14N2O/c1-10-6-13(9-16)11(2)15(10)8-12-4-3-5-14-7-12/h3-7,9H,8H2,1-2H3. The van der Waals surface area contributed by atoms with E-state index >= 15 is 0 Å². The normalized spacial score (nSPS) is 10.4. The average Bonchev–Trinajstić information content (AvgIpc) is 2.58. The monoisotopic (exact) mass is 214 g/mol. The maximum Gasteiger partial charge on any atom is 0.151 e. The van der Waals surface area contributed by atoms with Crippen molar-refractivity contribution in [2.45, 2.75) is 20.4 Å². The maximum absolute atomic E-state index is 10.8. The summed E-state index contributed by atoms with van der Waals surface area (Å²) in [5.41, 5.74) is 4.02. The summed E-state index contributed by atoms with van der Waals surface area (Å²) in [6.07, 6.45) is 4.51. The molecule has 0 aliphatic carbocycles. The van der Waals surface area contributed by atoms with Crippen molar-refractivity contribution in [3.8, 4) is 0 Å². The molecule has 0 atom stereocenters. The highest BCUT2D eigenvalue weighted by atomic mass is 16.1. The van der Waals surface area contributed by atoms with Crippen LogP contribution in [0.3, 0.4) is 0 Å². The van der Waals surface area contributed by atoms with Crippen LogP contribution in [-0.2, 0) is 6.54 Å². The maximum atomic E-state index is 10.8. The molecule has 0 fully saturated rings. The molecule has 0 saturated heterocycles. The third kappa shape index (κ3) is 1.89. The van der Waals surface area contributed by atoms with Crippen LogP contribution in [0.2, 0.25) is 0 Å². The minimum Gasteiger partial charge on any atom is -0.344 e. The molecule has 0 saturated carbocycles. The Bertz CT molecular complexity index is 500. The Kier molecular flexibility index (Phi) is 2.86. The van der Waals surface area contributed by atoms with Gasteiger partial charge in [0, 0.05) is 35.9 Å². The van der Waals surface area contributed by atoms with Crippen molar-refractivity contribution >= 4 is 6.29 Å². The van der Waals surface area contributed by atoms with Gasteiger partial charge in [-0.15, -0.1) is 0 Å². The van der Waals surface area contributed by atoms with Gasteiger partial charge < -0.3 is 4.57 Å². The van der Waals surface area contributed by atoms with E-state index in [4.69, 9.17) is 0 Å². The molecule has 0 bridgehead atoms. The molecule has 0 aliphatic rings. The summed E-state index contributed by atoms with van der Waals surface area (Å²) in [6.45, 7) is 4.74. The van der Waals surface area contributed by atoms with Crippen LogP contribution in [-0.4, -0.2) is 15.8 Å². The lowest BCUT2D eigenvalue weighted by Gasteiger charge is -2.08. The molecule has 0 unspecified atom stereocenters. The van der Waals surface area contributed by atoms with Crippen molar-refractivity contribution < 1.29 is 4.79 Å². The van der Waals surface area contributed by atoms with E-state index in [1.807, 2.05) is 38.2 Å². The molecular formula is C13H14N2O. The molecule has 2 rings (SSSR count). The molecule has 0 spiro atoms. The zero-order chi connectivity index (χ0) is 11.5. The van der Waals surface area contributed by atoms with Gasteiger partial charge in [-0.05, 0) is 31.5 Å². The minimum absolute atomic E-state index is 0.763. The number of carbonyl (C=O) groups excluding carboxylic acids is 1. The third-order valence-corrected chi connectivity index (χ3v) is 2.80. The fourth-order valence-corrected chi connectivity index (χ4v) is 1.86. The number of aromatic nitrogens is 2. The van der Waals surface area contributed by atoms with Gasteiger partial charge in [0.15, 0.2) is 6.29 Å². The number of hydrogen-bond acceptors (Lipinski definition) is 2. The first-order chi connectivity index (χ1) is 7.72. The second kappa shape index (κ2) is 4.31. The fraction of sp³-hybridized carbons (Fsp3) is 0.231. The summed E-state index contributed by atoms with van der Waals surface area (Å²) < 4.78 is 2.13. The summed E-state index contributed by atoms with van der Waals surface area (Å²) in [6, 6.07) is 5.87. The Hall–Kier alpha value is -1.90. The van der Waals surface area contributed by atoms with Crippen molar-refractivity contribution in [2.75, 3.05) is 0 Å². The summed E-state index contributed by atoms with van der Waals surface area (Å²) in [4.78, 5) is 14.9. The van der Waals surface area contributed by atoms with E-state index in [2.05, 4.69) is 9.55 Å². The summed E-state index contributed by atoms with van der Waals surface area (Å²) in [5.74, 6) is 0. The summed E-state index contributed by atoms with van der Waals surface area (Å²) >= 11 is 0. The van der Waals surface area contributed by atoms with Crippen molar-refractivity contribution in [1.82, 2.24) is 9.55 Å². The topological polar surface area (TPSA) is 34.9 Å². The predicted molar refractivity (Wildman–Crippen MR) is 62.6 cm³/mol. The van der Waals surface area contributed by atoms with E-state index in [0.29, 0.717) is 0 Å². The molecule has 2 aromatic heterocycles. The SMILES string of the molecule is Cc1cc(C=O)c(C)n1Cc1cccnc1. The van der Waals surface area contributed by atoms with Gasteiger partial charge in [-0.2, -0.15) is 0 Å². The number of carbonyl (C=O) groups is 1. The van der Waals surface area contributed by atoms with E-state index in [0.717, 1.165) is 35.3 Å². The molecule has 0 aromatic carbocycles. The van der Waals surface area contributed by atoms with E-state index < -0.39 is 0 Å². The zero-order valence-corrected chi connectivity index (χ0v) is 9.47. The van der Waals surface area contributed by atoms with Gasteiger partial charge in [-0.25, -0.2) is 0 Å². The Labute approximate surface area is 94.7 Å². The van der Waals surface area contributed by atoms with Crippen LogP contribution in [0.1, 0.15) is 27.3 Å². The van der Waals surface area contributed by atoms with Gasteiger partial charge in [0.05, 0.1) is 0 Å². The smallest absolute Gasteiger partial charge is 0.151 e. The van der Waals surface area contributed by atoms with Crippen LogP contribution in [0.5, 0.6) is 0 Å². The lowest BCUT2D eigenvalue weighted by molar-refractivity contribution is 0.112. The largest absolute Gasteiger partial charge is 0.344 e. The minimum atomic E-state index is 0.763. The molecule has 16 heavy (non-hydrogen) atoms. The van der Waals surface area contributed by atoms with Gasteiger partial charge in [-0.3, -0.25) is 9.78 Å². The van der Waals surface area contributed by atoms with Crippen LogP contribution >= 0.6 is 0 Å². The fourth-order valence-electron chi connectivity index (χ4n) is 1.86. The molecule has 3 heteroatoms. The first-order valence-electron chi connectivity index (χ1n) is 5.23. The Morgan fingerprint density at radius 3 is 2.81 bits per heavy atom. The summed E-state index contributed by atoms with van der Waals surface area (Å²) in [5, 5.41) is 0. The van der Waals surface area contributed by atoms with Crippen LogP contribution in [0, 0.1) is 13.8 Å². The number of rotatable bonds is 3. The molecule has 0 radical (unpaired) electrons. The summed E-state index contributed by atoms with van der Waals surface area (Å²) in [7, 11) is 0. The lowest BCUT2D eigenvalue weighted by atomic mass is 10.2. The Morgan fingerprint density at radius 2 is 2.25 bits per heavy atom. The van der Waals surface area contributed by atoms with Crippen LogP contribution in [0.25, 0.3) is 0 Å². The van der Waals surface area contributed by atoms with E-state index in [1.165, 1.54) is 0 Å². The molecule has 0 N–H and O–H groups in total. The van der Waals surface area contributed by atoms with Gasteiger partial charge in [0.1, 0.15) is 0 Å². The molecule has 82 valence electrons. The molecule has 0 aliphatic heterocycles. The molecule has 2 heterocycles. The Balaban J connectivity index is 2.35. The number of hydrogen-bond donors (Lipinski definition) is 0. The van der Waals surface area contributed by atoms with Crippen molar-refractivity contribution in [3.05, 3.63) is 53.1 Å². The quantitative estimate of drug-likeness (QED) is 0.735. The van der Waals surface area contributed by atoms with Gasteiger partial charge in [0.2, 0.25) is 0 Å². The lowest BCUT2D eigenvalue weighted by Crippen LogP contribution is -2.04. The Morgan fingerprint density at radius 1 is 1.44 bits per heavy atom. The van der Waals surface area contributed by atoms with Crippen LogP contribution in [0.15, 0.2) is 30.6 Å². The second-order valence-corrected chi connectivity index (χ2v) is 3.89. The van der Waals surface area contributed by atoms with Gasteiger partial charge in [-0.1, -0.05) is 6.07 Å². The highest BCUT2D eigenvalue weighted by Gasteiger charge is 2.08. The first kappa shape index (κ1) is 10.6. The average molecular weight is 214 g/mol. The van der Waals surface area contributed by atoms with Crippen molar-refractivity contribution in [1.29, 1.82) is 0 Å². The number of nitrogens with zero attached hydrogens (tertiary/aromatic N) is 2. The van der Waals surface area contributed by atoms with Crippen LogP contribution < -0.4 is 0 Å². The van der Waals surface area contributed by atoms with Gasteiger partial charge >= 0.3 is 0 Å². The highest BCUT2D eigenvalue weighted by Crippen LogP contribution is 2.14. The number of aldehydes is 1. The van der Waals surface area contributed by atoms with E-state index in [1.54, 1.807) is 6.20 Å². The van der Waals surface area contributed by atoms with E-state index in [9.17, 15) is 4.79 Å². The zero-order valence-electron chi connectivity index (χ0n) is 9.47. The van der Waals surface area contributed by atoms with Gasteiger partial charge in [0.25, 0.3) is 0 Å². The van der Waals surface area contributed by atoms with Crippen molar-refractivity contribution in [2.24, 2.45) is 0 Å². The predicted octanol–water partition coefficient (Wildman–Crippen LogP) is 2.36. The highest BCUT2D eigenvalue weighted by molar-refractivity contribution is 5.77. The number of pyridine rings is 1. The molecule has 3 nitrogen and oxygen atoms in total. The van der Waals surface area contributed by atoms with Crippen LogP contribution in [0.4, 0.5) is 0 Å². The third-order valence-electron chi connectivity index (χ3n) is 2.80. The van der Waals surface area contributed by atoms with E-state index in [-0.39, 0.29) is 0 Å². The van der Waals surface area contributed by atoms with Crippen molar-refractivity contribution in [3.63, 3.8) is 0 Å². The molecular weight excluding hydrogens is 200 g/mol. The number of aryl methyl sites for hydroxylation is 1.